The number of hydrogen-bond donors (Lipinski definition) is 1. The highest BCUT2D eigenvalue weighted by molar-refractivity contribution is 5.75. The van der Waals surface area contributed by atoms with Gasteiger partial charge in [0.2, 0.25) is 5.91 Å². The summed E-state index contributed by atoms with van der Waals surface area (Å²) in [4.78, 5) is 14.3. The van der Waals surface area contributed by atoms with Crippen molar-refractivity contribution in [3.63, 3.8) is 0 Å². The van der Waals surface area contributed by atoms with E-state index in [0.717, 1.165) is 25.9 Å². The minimum absolute atomic E-state index is 0.0916. The van der Waals surface area contributed by atoms with Gasteiger partial charge in [0.1, 0.15) is 12.1 Å². The van der Waals surface area contributed by atoms with Gasteiger partial charge in [0, 0.05) is 18.5 Å². The van der Waals surface area contributed by atoms with Gasteiger partial charge < -0.3 is 5.32 Å². The lowest BCUT2D eigenvalue weighted by Gasteiger charge is -2.28. The molecular formula is C16H21FN6O. The van der Waals surface area contributed by atoms with Crippen molar-refractivity contribution < 1.29 is 9.18 Å². The molecule has 128 valence electrons. The molecule has 8 heteroatoms. The van der Waals surface area contributed by atoms with Crippen molar-refractivity contribution in [1.29, 1.82) is 0 Å². The van der Waals surface area contributed by atoms with E-state index in [1.54, 1.807) is 12.1 Å². The number of rotatable bonds is 7. The second-order valence-corrected chi connectivity index (χ2v) is 5.91. The second-order valence-electron chi connectivity index (χ2n) is 5.91. The molecule has 1 atom stereocenters. The van der Waals surface area contributed by atoms with Gasteiger partial charge in [-0.15, -0.1) is 5.10 Å². The van der Waals surface area contributed by atoms with E-state index in [1.165, 1.54) is 17.1 Å². The predicted octanol–water partition coefficient (Wildman–Crippen LogP) is 1.16. The van der Waals surface area contributed by atoms with Crippen molar-refractivity contribution in [2.45, 2.75) is 31.8 Å². The van der Waals surface area contributed by atoms with Crippen LogP contribution in [0.2, 0.25) is 0 Å². The summed E-state index contributed by atoms with van der Waals surface area (Å²) in [5, 5.41) is 13.7. The van der Waals surface area contributed by atoms with Gasteiger partial charge in [-0.1, -0.05) is 18.2 Å². The van der Waals surface area contributed by atoms with Crippen LogP contribution in [0.1, 0.15) is 30.9 Å². The molecule has 2 heterocycles. The van der Waals surface area contributed by atoms with E-state index in [4.69, 9.17) is 0 Å². The molecule has 1 aliphatic heterocycles. The Kier molecular flexibility index (Phi) is 5.47. The first-order chi connectivity index (χ1) is 11.7. The maximum atomic E-state index is 14.2. The predicted molar refractivity (Wildman–Crippen MR) is 85.4 cm³/mol. The summed E-state index contributed by atoms with van der Waals surface area (Å²) < 4.78 is 15.7. The first kappa shape index (κ1) is 16.5. The Balaban J connectivity index is 1.59. The van der Waals surface area contributed by atoms with Gasteiger partial charge >= 0.3 is 0 Å². The fraction of sp³-hybridized carbons (Fsp3) is 0.500. The summed E-state index contributed by atoms with van der Waals surface area (Å²) in [5.41, 5.74) is 0.639. The molecule has 0 saturated carbocycles. The Labute approximate surface area is 139 Å². The molecule has 2 aromatic rings. The Bertz CT molecular complexity index is 656. The van der Waals surface area contributed by atoms with Crippen molar-refractivity contribution in [3.8, 4) is 0 Å². The van der Waals surface area contributed by atoms with Gasteiger partial charge in [-0.3, -0.25) is 9.69 Å². The summed E-state index contributed by atoms with van der Waals surface area (Å²) in [7, 11) is 0. The number of hydrogen-bond acceptors (Lipinski definition) is 5. The number of benzene rings is 1. The Hall–Kier alpha value is -2.35. The summed E-state index contributed by atoms with van der Waals surface area (Å²) in [6, 6.07) is 6.65. The van der Waals surface area contributed by atoms with Crippen LogP contribution < -0.4 is 5.32 Å². The van der Waals surface area contributed by atoms with Crippen LogP contribution in [0.5, 0.6) is 0 Å². The maximum absolute atomic E-state index is 14.2. The molecule has 7 nitrogen and oxygen atoms in total. The number of aromatic nitrogens is 4. The van der Waals surface area contributed by atoms with Crippen LogP contribution in [0, 0.1) is 5.82 Å². The fourth-order valence-corrected chi connectivity index (χ4v) is 3.03. The zero-order chi connectivity index (χ0) is 16.8. The van der Waals surface area contributed by atoms with Gasteiger partial charge in [-0.2, -0.15) is 0 Å². The van der Waals surface area contributed by atoms with Gasteiger partial charge in [0.15, 0.2) is 0 Å². The summed E-state index contributed by atoms with van der Waals surface area (Å²) >= 11 is 0. The zero-order valence-corrected chi connectivity index (χ0v) is 13.4. The van der Waals surface area contributed by atoms with Crippen LogP contribution in [-0.4, -0.2) is 50.6 Å². The summed E-state index contributed by atoms with van der Waals surface area (Å²) in [6.45, 7) is 2.68. The molecule has 1 aromatic heterocycles. The lowest BCUT2D eigenvalue weighted by Crippen LogP contribution is -2.37. The Morgan fingerprint density at radius 3 is 2.79 bits per heavy atom. The molecule has 1 amide bonds. The molecule has 24 heavy (non-hydrogen) atoms. The first-order valence-electron chi connectivity index (χ1n) is 8.20. The fourth-order valence-electron chi connectivity index (χ4n) is 3.03. The monoisotopic (exact) mass is 332 g/mol. The van der Waals surface area contributed by atoms with Crippen LogP contribution in [0.4, 0.5) is 4.39 Å². The van der Waals surface area contributed by atoms with E-state index in [9.17, 15) is 9.18 Å². The quantitative estimate of drug-likeness (QED) is 0.823. The molecule has 1 aliphatic rings. The van der Waals surface area contributed by atoms with E-state index in [0.29, 0.717) is 18.7 Å². The molecular weight excluding hydrogens is 311 g/mol. The number of carbonyl (C=O) groups excluding carboxylic acids is 1. The minimum Gasteiger partial charge on any atom is -0.354 e. The third-order valence-corrected chi connectivity index (χ3v) is 4.30. The third kappa shape index (κ3) is 4.14. The SMILES string of the molecule is O=C(CCn1cnnn1)NC[C@@H](c1ccccc1F)N1CCCC1. The van der Waals surface area contributed by atoms with Gasteiger partial charge in [0.25, 0.3) is 0 Å². The van der Waals surface area contributed by atoms with Crippen LogP contribution in [0.3, 0.4) is 0 Å². The molecule has 1 fully saturated rings. The number of nitrogens with one attached hydrogen (secondary N) is 1. The highest BCUT2D eigenvalue weighted by Crippen LogP contribution is 2.26. The van der Waals surface area contributed by atoms with E-state index >= 15 is 0 Å². The second kappa shape index (κ2) is 7.96. The van der Waals surface area contributed by atoms with E-state index in [1.807, 2.05) is 6.07 Å². The van der Waals surface area contributed by atoms with Crippen molar-refractivity contribution >= 4 is 5.91 Å². The molecule has 1 N–H and O–H groups in total. The first-order valence-corrected chi connectivity index (χ1v) is 8.20. The van der Waals surface area contributed by atoms with Crippen molar-refractivity contribution in [1.82, 2.24) is 30.4 Å². The molecule has 0 unspecified atom stereocenters. The van der Waals surface area contributed by atoms with Crippen molar-refractivity contribution in [2.75, 3.05) is 19.6 Å². The maximum Gasteiger partial charge on any atom is 0.221 e. The average molecular weight is 332 g/mol. The van der Waals surface area contributed by atoms with Crippen LogP contribution in [-0.2, 0) is 11.3 Å². The number of aryl methyl sites for hydroxylation is 1. The number of amides is 1. The van der Waals surface area contributed by atoms with Crippen LogP contribution >= 0.6 is 0 Å². The number of halogens is 1. The summed E-state index contributed by atoms with van der Waals surface area (Å²) in [5.74, 6) is -0.316. The number of nitrogens with zero attached hydrogens (tertiary/aromatic N) is 5. The lowest BCUT2D eigenvalue weighted by atomic mass is 10.0. The van der Waals surface area contributed by atoms with Crippen molar-refractivity contribution in [3.05, 3.63) is 42.0 Å². The zero-order valence-electron chi connectivity index (χ0n) is 13.4. The Morgan fingerprint density at radius 2 is 2.08 bits per heavy atom. The molecule has 0 aliphatic carbocycles. The number of tetrazole rings is 1. The lowest BCUT2D eigenvalue weighted by molar-refractivity contribution is -0.121. The van der Waals surface area contributed by atoms with E-state index in [2.05, 4.69) is 25.7 Å². The molecule has 1 aromatic carbocycles. The number of likely N-dealkylation sites (tertiary alicyclic amines) is 1. The summed E-state index contributed by atoms with van der Waals surface area (Å²) in [6.07, 6.45) is 3.98. The van der Waals surface area contributed by atoms with Crippen LogP contribution in [0.25, 0.3) is 0 Å². The minimum atomic E-state index is -0.225. The topological polar surface area (TPSA) is 75.9 Å². The number of carbonyl (C=O) groups is 1. The molecule has 0 spiro atoms. The normalized spacial score (nSPS) is 16.2. The molecule has 1 saturated heterocycles. The van der Waals surface area contributed by atoms with Gasteiger partial charge in [-0.25, -0.2) is 9.07 Å². The van der Waals surface area contributed by atoms with Gasteiger partial charge in [-0.05, 0) is 42.4 Å². The smallest absolute Gasteiger partial charge is 0.221 e. The van der Waals surface area contributed by atoms with E-state index in [-0.39, 0.29) is 24.2 Å². The van der Waals surface area contributed by atoms with E-state index < -0.39 is 0 Å². The largest absolute Gasteiger partial charge is 0.354 e. The molecule has 0 radical (unpaired) electrons. The highest BCUT2D eigenvalue weighted by atomic mass is 19.1. The van der Waals surface area contributed by atoms with Crippen LogP contribution in [0.15, 0.2) is 30.6 Å². The third-order valence-electron chi connectivity index (χ3n) is 4.30. The van der Waals surface area contributed by atoms with Gasteiger partial charge in [0.05, 0.1) is 12.6 Å². The van der Waals surface area contributed by atoms with Crippen molar-refractivity contribution in [2.24, 2.45) is 0 Å². The standard InChI is InChI=1S/C16H21FN6O/c17-14-6-2-1-5-13(14)15(22-8-3-4-9-22)11-18-16(24)7-10-23-12-19-20-21-23/h1-2,5-6,12,15H,3-4,7-11H2,(H,18,24)/t15-/m0/s1. The Morgan fingerprint density at radius 1 is 1.29 bits per heavy atom. The molecule has 0 bridgehead atoms. The molecule has 3 rings (SSSR count). The average Bonchev–Trinajstić information content (AvgIpc) is 3.28. The highest BCUT2D eigenvalue weighted by Gasteiger charge is 2.25.